The fraction of sp³-hybridized carbons (Fsp3) is 0.200. The van der Waals surface area contributed by atoms with Gasteiger partial charge in [0.05, 0.1) is 12.8 Å². The molecule has 3 heteroatoms. The van der Waals surface area contributed by atoms with Crippen molar-refractivity contribution in [2.24, 2.45) is 0 Å². The molecule has 0 aromatic heterocycles. The van der Waals surface area contributed by atoms with Crippen LogP contribution in [0.4, 0.5) is 10.1 Å². The summed E-state index contributed by atoms with van der Waals surface area (Å²) >= 11 is 0. The smallest absolute Gasteiger partial charge is 0.146 e. The summed E-state index contributed by atoms with van der Waals surface area (Å²) in [6, 6.07) is 11.2. The zero-order valence-corrected chi connectivity index (χ0v) is 10.2. The minimum absolute atomic E-state index is 0.188. The molecule has 0 saturated carbocycles. The molecule has 0 saturated heterocycles. The number of methoxy groups -OCH3 is 1. The first kappa shape index (κ1) is 11.1. The van der Waals surface area contributed by atoms with Crippen LogP contribution in [0, 0.1) is 5.82 Å². The number of anilines is 1. The molecule has 1 N–H and O–H groups in total. The van der Waals surface area contributed by atoms with Gasteiger partial charge in [-0.1, -0.05) is 18.2 Å². The predicted octanol–water partition coefficient (Wildman–Crippen LogP) is 3.35. The van der Waals surface area contributed by atoms with E-state index in [0.717, 1.165) is 17.7 Å². The molecule has 0 aliphatic carbocycles. The summed E-state index contributed by atoms with van der Waals surface area (Å²) in [7, 11) is 1.66. The molecule has 92 valence electrons. The van der Waals surface area contributed by atoms with Crippen molar-refractivity contribution in [3.63, 3.8) is 0 Å². The Labute approximate surface area is 105 Å². The van der Waals surface area contributed by atoms with Crippen molar-refractivity contribution in [2.45, 2.75) is 13.0 Å². The minimum Gasteiger partial charge on any atom is -0.497 e. The highest BCUT2D eigenvalue weighted by Crippen LogP contribution is 2.30. The Bertz CT molecular complexity index is 595. The number of nitrogens with one attached hydrogen (secondary N) is 1. The average Bonchev–Trinajstić information content (AvgIpc) is 2.57. The van der Waals surface area contributed by atoms with Crippen molar-refractivity contribution in [1.82, 2.24) is 0 Å². The Hall–Kier alpha value is -2.03. The maximum atomic E-state index is 13.7. The Morgan fingerprint density at radius 2 is 2.00 bits per heavy atom. The van der Waals surface area contributed by atoms with E-state index < -0.39 is 0 Å². The maximum absolute atomic E-state index is 13.7. The van der Waals surface area contributed by atoms with Crippen molar-refractivity contribution in [1.29, 1.82) is 0 Å². The number of para-hydroxylation sites is 1. The highest BCUT2D eigenvalue weighted by Gasteiger charge is 2.15. The van der Waals surface area contributed by atoms with Crippen molar-refractivity contribution in [3.8, 4) is 5.75 Å². The van der Waals surface area contributed by atoms with Crippen molar-refractivity contribution in [2.75, 3.05) is 12.4 Å². The molecule has 2 nitrogen and oxygen atoms in total. The minimum atomic E-state index is -0.188. The van der Waals surface area contributed by atoms with Gasteiger partial charge in [-0.25, -0.2) is 4.39 Å². The number of hydrogen-bond donors (Lipinski definition) is 1. The number of benzene rings is 2. The Balaban J connectivity index is 2.07. The first-order valence-electron chi connectivity index (χ1n) is 5.95. The lowest BCUT2D eigenvalue weighted by atomic mass is 10.0. The van der Waals surface area contributed by atoms with Gasteiger partial charge < -0.3 is 10.1 Å². The third kappa shape index (κ3) is 1.82. The van der Waals surface area contributed by atoms with Crippen LogP contribution in [0.5, 0.6) is 5.75 Å². The first-order valence-corrected chi connectivity index (χ1v) is 5.95. The number of ether oxygens (including phenoxy) is 1. The topological polar surface area (TPSA) is 21.3 Å². The molecule has 0 spiro atoms. The fourth-order valence-corrected chi connectivity index (χ4v) is 2.37. The van der Waals surface area contributed by atoms with E-state index in [1.807, 2.05) is 24.3 Å². The lowest BCUT2D eigenvalue weighted by Gasteiger charge is -2.07. The number of fused-ring (bicyclic) bond motifs is 2. The van der Waals surface area contributed by atoms with Crippen LogP contribution < -0.4 is 10.1 Å². The van der Waals surface area contributed by atoms with Gasteiger partial charge in [0.1, 0.15) is 11.6 Å². The van der Waals surface area contributed by atoms with Gasteiger partial charge in [-0.15, -0.1) is 0 Å². The second kappa shape index (κ2) is 4.33. The van der Waals surface area contributed by atoms with Crippen LogP contribution in [-0.2, 0) is 13.0 Å². The zero-order chi connectivity index (χ0) is 12.5. The van der Waals surface area contributed by atoms with Crippen LogP contribution >= 0.6 is 0 Å². The van der Waals surface area contributed by atoms with Crippen LogP contribution in [0.1, 0.15) is 16.7 Å². The molecule has 1 heterocycles. The summed E-state index contributed by atoms with van der Waals surface area (Å²) < 4.78 is 19.0. The summed E-state index contributed by atoms with van der Waals surface area (Å²) in [5.74, 6) is 0.654. The van der Waals surface area contributed by atoms with Gasteiger partial charge in [0.25, 0.3) is 0 Å². The molecule has 0 radical (unpaired) electrons. The molecule has 2 aromatic carbocycles. The van der Waals surface area contributed by atoms with E-state index in [0.29, 0.717) is 12.2 Å². The lowest BCUT2D eigenvalue weighted by molar-refractivity contribution is 0.414. The summed E-state index contributed by atoms with van der Waals surface area (Å²) in [4.78, 5) is 0. The third-order valence-corrected chi connectivity index (χ3v) is 3.35. The molecule has 1 aliphatic heterocycles. The zero-order valence-electron chi connectivity index (χ0n) is 10.2. The number of halogens is 1. The summed E-state index contributed by atoms with van der Waals surface area (Å²) in [6.07, 6.45) is 0.729. The van der Waals surface area contributed by atoms with Gasteiger partial charge >= 0.3 is 0 Å². The Morgan fingerprint density at radius 3 is 2.83 bits per heavy atom. The molecule has 3 rings (SSSR count). The number of rotatable bonds is 1. The van der Waals surface area contributed by atoms with Crippen molar-refractivity contribution < 1.29 is 9.13 Å². The van der Waals surface area contributed by atoms with Crippen LogP contribution in [0.25, 0.3) is 0 Å². The standard InChI is InChI=1S/C15H14FNO/c1-18-13-6-5-11-9-17-15-10(7-12(11)8-13)3-2-4-14(15)16/h2-6,8,17H,7,9H2,1H3. The van der Waals surface area contributed by atoms with Gasteiger partial charge in [0.15, 0.2) is 0 Å². The molecule has 2 aromatic rings. The second-order valence-electron chi connectivity index (χ2n) is 4.44. The Kier molecular flexibility index (Phi) is 2.67. The Morgan fingerprint density at radius 1 is 1.11 bits per heavy atom. The van der Waals surface area contributed by atoms with Gasteiger partial charge in [-0.3, -0.25) is 0 Å². The van der Waals surface area contributed by atoms with E-state index in [4.69, 9.17) is 4.74 Å². The quantitative estimate of drug-likeness (QED) is 0.829. The van der Waals surface area contributed by atoms with Crippen LogP contribution in [-0.4, -0.2) is 7.11 Å². The van der Waals surface area contributed by atoms with E-state index in [1.165, 1.54) is 17.2 Å². The largest absolute Gasteiger partial charge is 0.497 e. The molecular weight excluding hydrogens is 229 g/mol. The maximum Gasteiger partial charge on any atom is 0.146 e. The SMILES string of the molecule is COc1ccc2c(c1)Cc1cccc(F)c1NC2. The summed E-state index contributed by atoms with van der Waals surface area (Å²) in [5.41, 5.74) is 3.98. The average molecular weight is 243 g/mol. The van der Waals surface area contributed by atoms with Crippen molar-refractivity contribution in [3.05, 3.63) is 58.9 Å². The number of hydrogen-bond acceptors (Lipinski definition) is 2. The van der Waals surface area contributed by atoms with E-state index in [2.05, 4.69) is 5.32 Å². The molecular formula is C15H14FNO. The molecule has 0 atom stereocenters. The third-order valence-electron chi connectivity index (χ3n) is 3.35. The monoisotopic (exact) mass is 243 g/mol. The summed E-state index contributed by atoms with van der Waals surface area (Å²) in [6.45, 7) is 0.646. The fourth-order valence-electron chi connectivity index (χ4n) is 2.37. The van der Waals surface area contributed by atoms with E-state index in [1.54, 1.807) is 13.2 Å². The van der Waals surface area contributed by atoms with Crippen LogP contribution in [0.15, 0.2) is 36.4 Å². The predicted molar refractivity (Wildman–Crippen MR) is 69.5 cm³/mol. The van der Waals surface area contributed by atoms with E-state index in [9.17, 15) is 4.39 Å². The van der Waals surface area contributed by atoms with E-state index >= 15 is 0 Å². The van der Waals surface area contributed by atoms with E-state index in [-0.39, 0.29) is 5.82 Å². The highest BCUT2D eigenvalue weighted by atomic mass is 19.1. The molecule has 0 unspecified atom stereocenters. The van der Waals surface area contributed by atoms with Crippen molar-refractivity contribution >= 4 is 5.69 Å². The van der Waals surface area contributed by atoms with Gasteiger partial charge in [0, 0.05) is 13.0 Å². The molecule has 0 fully saturated rings. The lowest BCUT2D eigenvalue weighted by Crippen LogP contribution is -2.01. The van der Waals surface area contributed by atoms with Crippen LogP contribution in [0.2, 0.25) is 0 Å². The highest BCUT2D eigenvalue weighted by molar-refractivity contribution is 5.57. The van der Waals surface area contributed by atoms with Gasteiger partial charge in [-0.05, 0) is 34.9 Å². The molecule has 0 bridgehead atoms. The molecule has 0 amide bonds. The van der Waals surface area contributed by atoms with Gasteiger partial charge in [-0.2, -0.15) is 0 Å². The molecule has 1 aliphatic rings. The van der Waals surface area contributed by atoms with Crippen LogP contribution in [0.3, 0.4) is 0 Å². The molecule has 18 heavy (non-hydrogen) atoms. The normalized spacial score (nSPS) is 13.0. The van der Waals surface area contributed by atoms with Gasteiger partial charge in [0.2, 0.25) is 0 Å². The summed E-state index contributed by atoms with van der Waals surface area (Å²) in [5, 5.41) is 3.17. The first-order chi connectivity index (χ1) is 8.78. The second-order valence-corrected chi connectivity index (χ2v) is 4.44.